The van der Waals surface area contributed by atoms with Crippen molar-refractivity contribution in [3.63, 3.8) is 0 Å². The van der Waals surface area contributed by atoms with E-state index >= 15 is 0 Å². The fourth-order valence-corrected chi connectivity index (χ4v) is 5.18. The Morgan fingerprint density at radius 1 is 0.418 bits per heavy atom. The number of nitrogen functional groups attached to an aromatic ring is 2. The quantitative estimate of drug-likeness (QED) is 0.0583. The molecule has 0 aliphatic carbocycles. The number of hydrogen-bond acceptors (Lipinski definition) is 8. The number of hydrogen-bond donors (Lipinski definition) is 6. The summed E-state index contributed by atoms with van der Waals surface area (Å²) in [5.41, 5.74) is 2.66. The Bertz CT molecular complexity index is 2000. The van der Waals surface area contributed by atoms with Crippen LogP contribution in [-0.2, 0) is 5.41 Å². The lowest BCUT2D eigenvalue weighted by atomic mass is 9.73. The molecule has 5 aromatic carbocycles. The average molecular weight is 773 g/mol. The molecule has 0 heterocycles. The van der Waals surface area contributed by atoms with E-state index in [1.54, 1.807) is 24.3 Å². The summed E-state index contributed by atoms with van der Waals surface area (Å²) in [4.78, 5) is 43.1. The van der Waals surface area contributed by atoms with Crippen LogP contribution in [0.5, 0.6) is 23.0 Å². The number of anilines is 2. The molecule has 18 heteroatoms. The first-order valence-corrected chi connectivity index (χ1v) is 15.2. The molecule has 5 aromatic rings. The van der Waals surface area contributed by atoms with E-state index in [0.717, 1.165) is 48.5 Å². The van der Waals surface area contributed by atoms with Crippen LogP contribution >= 0.6 is 0 Å². The van der Waals surface area contributed by atoms with Gasteiger partial charge in [-0.3, -0.25) is 0 Å². The van der Waals surface area contributed by atoms with Crippen LogP contribution in [0, 0.1) is 0 Å². The second kappa shape index (κ2) is 15.8. The molecule has 0 amide bonds. The van der Waals surface area contributed by atoms with Crippen molar-refractivity contribution in [1.29, 1.82) is 0 Å². The van der Waals surface area contributed by atoms with Crippen LogP contribution in [0.25, 0.3) is 0 Å². The van der Waals surface area contributed by atoms with Gasteiger partial charge >= 0.3 is 36.2 Å². The van der Waals surface area contributed by atoms with Gasteiger partial charge in [0.05, 0.1) is 22.3 Å². The van der Waals surface area contributed by atoms with Gasteiger partial charge in [0.2, 0.25) is 5.41 Å². The molecular formula is C37H26F6N2O10. The van der Waals surface area contributed by atoms with Gasteiger partial charge in [0, 0.05) is 11.4 Å². The number of benzene rings is 5. The lowest BCUT2D eigenvalue weighted by Gasteiger charge is -2.38. The molecule has 12 nitrogen and oxygen atoms in total. The minimum Gasteiger partial charge on any atom is -0.478 e. The Hall–Kier alpha value is -7.24. The summed E-state index contributed by atoms with van der Waals surface area (Å²) in [6, 6.07) is 20.5. The Labute approximate surface area is 305 Å². The first kappa shape index (κ1) is 40.5. The Morgan fingerprint density at radius 2 is 0.636 bits per heavy atom. The van der Waals surface area contributed by atoms with E-state index in [2.05, 4.69) is 0 Å². The molecule has 0 unspecified atom stereocenters. The number of ether oxygens (including phenoxy) is 2. The fraction of sp³-hybridized carbons (Fsp3) is 0.0811. The molecule has 0 atom stereocenters. The Balaban J connectivity index is 0.000000314. The van der Waals surface area contributed by atoms with E-state index in [1.165, 1.54) is 24.3 Å². The summed E-state index contributed by atoms with van der Waals surface area (Å²) >= 11 is 0. The maximum atomic E-state index is 14.4. The zero-order valence-corrected chi connectivity index (χ0v) is 27.6. The molecule has 8 N–H and O–H groups in total. The van der Waals surface area contributed by atoms with Crippen LogP contribution in [0.15, 0.2) is 109 Å². The molecule has 0 aliphatic heterocycles. The maximum absolute atomic E-state index is 14.4. The highest BCUT2D eigenvalue weighted by atomic mass is 19.4. The maximum Gasteiger partial charge on any atom is 0.411 e. The third-order valence-electron chi connectivity index (χ3n) is 7.74. The molecule has 0 saturated carbocycles. The average Bonchev–Trinajstić information content (AvgIpc) is 3.10. The zero-order valence-electron chi connectivity index (χ0n) is 27.6. The van der Waals surface area contributed by atoms with Gasteiger partial charge in [-0.1, -0.05) is 24.3 Å². The van der Waals surface area contributed by atoms with E-state index in [-0.39, 0.29) is 11.5 Å². The lowest BCUT2D eigenvalue weighted by Crippen LogP contribution is -2.54. The number of nitrogens with two attached hydrogens (primary N) is 2. The third-order valence-corrected chi connectivity index (χ3v) is 7.74. The number of carbonyl (C=O) groups is 4. The summed E-state index contributed by atoms with van der Waals surface area (Å²) in [6.07, 6.45) is -11.4. The Kier molecular flexibility index (Phi) is 11.6. The second-order valence-electron chi connectivity index (χ2n) is 11.3. The lowest BCUT2D eigenvalue weighted by molar-refractivity contribution is -0.288. The molecule has 0 aromatic heterocycles. The number of aromatic carboxylic acids is 4. The Morgan fingerprint density at radius 3 is 0.836 bits per heavy atom. The number of rotatable bonds is 10. The normalized spacial score (nSPS) is 11.5. The summed E-state index contributed by atoms with van der Waals surface area (Å²) in [5, 5.41) is 35.0. The van der Waals surface area contributed by atoms with E-state index < -0.39 is 75.0 Å². The number of halogens is 6. The topological polar surface area (TPSA) is 220 Å². The van der Waals surface area contributed by atoms with Crippen LogP contribution in [0.2, 0.25) is 0 Å². The summed E-state index contributed by atoms with van der Waals surface area (Å²) in [7, 11) is 0. The number of carboxylic acid groups (broad SMARTS) is 4. The predicted octanol–water partition coefficient (Wildman–Crippen LogP) is 8.33. The van der Waals surface area contributed by atoms with E-state index in [4.69, 9.17) is 41.4 Å². The largest absolute Gasteiger partial charge is 0.478 e. The molecule has 0 saturated heterocycles. The fourth-order valence-electron chi connectivity index (χ4n) is 5.18. The van der Waals surface area contributed by atoms with Gasteiger partial charge < -0.3 is 41.4 Å². The van der Waals surface area contributed by atoms with E-state index in [0.29, 0.717) is 35.0 Å². The molecule has 0 bridgehead atoms. The SMILES string of the molecule is Nc1ccc(Oc2ccc(C(c3ccc(Oc4ccc(N)cc4)cc3)(C(F)(F)F)C(F)(F)F)cc2)cc1.O=C(O)c1cc(C(=O)O)c(C(=O)O)cc1C(=O)O. The number of carboxylic acids is 4. The van der Waals surface area contributed by atoms with E-state index in [1.807, 2.05) is 0 Å². The summed E-state index contributed by atoms with van der Waals surface area (Å²) < 4.78 is 97.5. The van der Waals surface area contributed by atoms with Crippen molar-refractivity contribution in [2.45, 2.75) is 17.8 Å². The molecule has 5 rings (SSSR count). The van der Waals surface area contributed by atoms with Crippen molar-refractivity contribution in [3.05, 3.63) is 143 Å². The highest BCUT2D eigenvalue weighted by Gasteiger charge is 2.72. The van der Waals surface area contributed by atoms with Gasteiger partial charge in [0.1, 0.15) is 23.0 Å². The van der Waals surface area contributed by atoms with Crippen LogP contribution < -0.4 is 20.9 Å². The molecule has 0 spiro atoms. The van der Waals surface area contributed by atoms with Crippen LogP contribution in [0.1, 0.15) is 52.6 Å². The van der Waals surface area contributed by atoms with Crippen LogP contribution in [-0.4, -0.2) is 56.7 Å². The molecular weight excluding hydrogens is 746 g/mol. The van der Waals surface area contributed by atoms with Gasteiger partial charge in [-0.2, -0.15) is 26.3 Å². The van der Waals surface area contributed by atoms with Gasteiger partial charge in [-0.05, 0) is 96.1 Å². The zero-order chi connectivity index (χ0) is 40.9. The van der Waals surface area contributed by atoms with Crippen LogP contribution in [0.3, 0.4) is 0 Å². The monoisotopic (exact) mass is 772 g/mol. The molecule has 55 heavy (non-hydrogen) atoms. The molecule has 0 radical (unpaired) electrons. The summed E-state index contributed by atoms with van der Waals surface area (Å²) in [5.74, 6) is -5.90. The van der Waals surface area contributed by atoms with E-state index in [9.17, 15) is 45.5 Å². The van der Waals surface area contributed by atoms with Crippen molar-refractivity contribution in [1.82, 2.24) is 0 Å². The van der Waals surface area contributed by atoms with Gasteiger partial charge in [0.25, 0.3) is 0 Å². The van der Waals surface area contributed by atoms with Gasteiger partial charge in [-0.15, -0.1) is 0 Å². The van der Waals surface area contributed by atoms with Crippen molar-refractivity contribution in [2.24, 2.45) is 0 Å². The van der Waals surface area contributed by atoms with Crippen LogP contribution in [0.4, 0.5) is 37.7 Å². The molecule has 0 fully saturated rings. The van der Waals surface area contributed by atoms with Gasteiger partial charge in [-0.25, -0.2) is 19.2 Å². The third kappa shape index (κ3) is 8.87. The minimum atomic E-state index is -5.72. The minimum absolute atomic E-state index is 0.0546. The van der Waals surface area contributed by atoms with Crippen molar-refractivity contribution in [3.8, 4) is 23.0 Å². The second-order valence-corrected chi connectivity index (χ2v) is 11.3. The van der Waals surface area contributed by atoms with Gasteiger partial charge in [0.15, 0.2) is 0 Å². The first-order chi connectivity index (χ1) is 25.6. The smallest absolute Gasteiger partial charge is 0.411 e. The number of alkyl halides is 6. The van der Waals surface area contributed by atoms with Crippen molar-refractivity contribution >= 4 is 35.3 Å². The molecule has 286 valence electrons. The highest BCUT2D eigenvalue weighted by Crippen LogP contribution is 2.56. The highest BCUT2D eigenvalue weighted by molar-refractivity contribution is 6.09. The van der Waals surface area contributed by atoms with Crippen molar-refractivity contribution in [2.75, 3.05) is 11.5 Å². The standard InChI is InChI=1S/C27H20F6N2O2.C10H6O8/c28-26(29,30)25(27(31,32)33,17-1-9-21(10-2-17)36-23-13-5-19(34)6-14-23)18-3-11-22(12-4-18)37-24-15-7-20(35)8-16-24;11-7(12)3-1-4(8(13)14)6(10(17)18)2-5(3)9(15)16/h1-16H,34-35H2;1-2H,(H,11,12)(H,13,14)(H,15,16)(H,17,18). The first-order valence-electron chi connectivity index (χ1n) is 15.2. The predicted molar refractivity (Wildman–Crippen MR) is 182 cm³/mol. The van der Waals surface area contributed by atoms with Crippen molar-refractivity contribution < 1.29 is 75.4 Å². The summed E-state index contributed by atoms with van der Waals surface area (Å²) in [6.45, 7) is 0. The molecule has 0 aliphatic rings.